The Morgan fingerprint density at radius 1 is 0.885 bits per heavy atom. The summed E-state index contributed by atoms with van der Waals surface area (Å²) in [6.45, 7) is 0. The molecule has 2 aromatic rings. The first-order valence-corrected chi connectivity index (χ1v) is 10.1. The summed E-state index contributed by atoms with van der Waals surface area (Å²) in [5.74, 6) is -0.137. The SMILES string of the molecule is O=C(O[C@H]1CCCC[C@@H]1Oc1c(Br)cccc(Br)c1=O)c1ccccc1. The van der Waals surface area contributed by atoms with Crippen molar-refractivity contribution in [2.24, 2.45) is 0 Å². The molecule has 0 unspecified atom stereocenters. The van der Waals surface area contributed by atoms with Gasteiger partial charge in [-0.25, -0.2) is 4.79 Å². The van der Waals surface area contributed by atoms with Gasteiger partial charge in [0.25, 0.3) is 0 Å². The Labute approximate surface area is 168 Å². The van der Waals surface area contributed by atoms with Crippen LogP contribution in [-0.2, 0) is 4.74 Å². The monoisotopic (exact) mass is 480 g/mol. The molecule has 0 aliphatic heterocycles. The van der Waals surface area contributed by atoms with Gasteiger partial charge >= 0.3 is 5.97 Å². The Balaban J connectivity index is 1.81. The minimum absolute atomic E-state index is 0.231. The van der Waals surface area contributed by atoms with Gasteiger partial charge in [-0.1, -0.05) is 24.3 Å². The lowest BCUT2D eigenvalue weighted by molar-refractivity contribution is -0.0267. The van der Waals surface area contributed by atoms with Crippen molar-refractivity contribution >= 4 is 37.8 Å². The largest absolute Gasteiger partial charge is 0.481 e. The average Bonchev–Trinajstić information content (AvgIpc) is 2.77. The molecule has 1 aliphatic rings. The van der Waals surface area contributed by atoms with E-state index < -0.39 is 0 Å². The van der Waals surface area contributed by atoms with E-state index >= 15 is 0 Å². The van der Waals surface area contributed by atoms with Crippen molar-refractivity contribution in [3.63, 3.8) is 0 Å². The van der Waals surface area contributed by atoms with Gasteiger partial charge in [0.05, 0.1) is 14.5 Å². The fourth-order valence-electron chi connectivity index (χ4n) is 2.96. The number of rotatable bonds is 4. The normalized spacial score (nSPS) is 19.6. The Morgan fingerprint density at radius 2 is 1.54 bits per heavy atom. The second-order valence-corrected chi connectivity index (χ2v) is 7.84. The van der Waals surface area contributed by atoms with Crippen LogP contribution in [0.15, 0.2) is 62.3 Å². The molecule has 1 aliphatic carbocycles. The molecule has 3 rings (SSSR count). The van der Waals surface area contributed by atoms with Crippen LogP contribution in [0.4, 0.5) is 0 Å². The van der Waals surface area contributed by atoms with Crippen LogP contribution in [-0.4, -0.2) is 18.2 Å². The standard InChI is InChI=1S/C20H18Br2O4/c21-14-9-6-10-15(22)19(18(14)23)25-16-11-4-5-12-17(16)26-20(24)13-7-2-1-3-8-13/h1-3,6-10,16-17H,4-5,11-12H2/t16-,17-/m0/s1. The van der Waals surface area contributed by atoms with Crippen LogP contribution in [0.5, 0.6) is 5.75 Å². The third-order valence-electron chi connectivity index (χ3n) is 4.30. The van der Waals surface area contributed by atoms with E-state index in [2.05, 4.69) is 31.9 Å². The molecule has 26 heavy (non-hydrogen) atoms. The minimum atomic E-state index is -0.382. The number of carbonyl (C=O) groups is 1. The van der Waals surface area contributed by atoms with Crippen molar-refractivity contribution < 1.29 is 14.3 Å². The molecule has 0 radical (unpaired) electrons. The molecule has 0 N–H and O–H groups in total. The highest BCUT2D eigenvalue weighted by Gasteiger charge is 2.31. The summed E-state index contributed by atoms with van der Waals surface area (Å²) in [4.78, 5) is 24.9. The molecule has 0 saturated heterocycles. The fraction of sp³-hybridized carbons (Fsp3) is 0.300. The Morgan fingerprint density at radius 3 is 2.27 bits per heavy atom. The number of carbonyl (C=O) groups excluding carboxylic acids is 1. The average molecular weight is 482 g/mol. The van der Waals surface area contributed by atoms with Gasteiger partial charge in [-0.05, 0) is 81.8 Å². The lowest BCUT2D eigenvalue weighted by Gasteiger charge is -2.31. The molecule has 2 atom stereocenters. The van der Waals surface area contributed by atoms with E-state index in [4.69, 9.17) is 9.47 Å². The predicted octanol–water partition coefficient (Wildman–Crippen LogP) is 5.12. The molecule has 2 aromatic carbocycles. The highest BCUT2D eigenvalue weighted by molar-refractivity contribution is 9.11. The topological polar surface area (TPSA) is 52.6 Å². The fourth-order valence-corrected chi connectivity index (χ4v) is 3.72. The molecule has 0 bridgehead atoms. The number of benzene rings is 1. The summed E-state index contributed by atoms with van der Waals surface area (Å²) in [7, 11) is 0. The van der Waals surface area contributed by atoms with Crippen molar-refractivity contribution in [3.8, 4) is 5.75 Å². The van der Waals surface area contributed by atoms with Gasteiger partial charge in [0.2, 0.25) is 5.43 Å². The van der Waals surface area contributed by atoms with Crippen LogP contribution >= 0.6 is 31.9 Å². The van der Waals surface area contributed by atoms with Gasteiger partial charge in [-0.2, -0.15) is 0 Å². The molecule has 4 nitrogen and oxygen atoms in total. The van der Waals surface area contributed by atoms with E-state index in [-0.39, 0.29) is 29.4 Å². The Hall–Kier alpha value is -1.66. The number of halogens is 2. The van der Waals surface area contributed by atoms with Crippen LogP contribution in [0.3, 0.4) is 0 Å². The smallest absolute Gasteiger partial charge is 0.338 e. The highest BCUT2D eigenvalue weighted by Crippen LogP contribution is 2.29. The van der Waals surface area contributed by atoms with Crippen LogP contribution in [0, 0.1) is 0 Å². The molecule has 0 aromatic heterocycles. The number of hydrogen-bond acceptors (Lipinski definition) is 4. The molecular formula is C20H18Br2O4. The van der Waals surface area contributed by atoms with Crippen molar-refractivity contribution in [2.75, 3.05) is 0 Å². The zero-order chi connectivity index (χ0) is 18.5. The zero-order valence-corrected chi connectivity index (χ0v) is 17.2. The van der Waals surface area contributed by atoms with E-state index in [1.54, 1.807) is 42.5 Å². The quantitative estimate of drug-likeness (QED) is 0.569. The first-order valence-electron chi connectivity index (χ1n) is 8.47. The first-order chi connectivity index (χ1) is 12.6. The molecule has 136 valence electrons. The van der Waals surface area contributed by atoms with E-state index in [1.165, 1.54) is 0 Å². The van der Waals surface area contributed by atoms with Crippen molar-refractivity contribution in [1.29, 1.82) is 0 Å². The summed E-state index contributed by atoms with van der Waals surface area (Å²) in [5.41, 5.74) is 0.275. The van der Waals surface area contributed by atoms with Gasteiger partial charge in [-0.15, -0.1) is 0 Å². The minimum Gasteiger partial charge on any atom is -0.481 e. The number of ether oxygens (including phenoxy) is 2. The van der Waals surface area contributed by atoms with E-state index in [9.17, 15) is 9.59 Å². The summed E-state index contributed by atoms with van der Waals surface area (Å²) in [6.07, 6.45) is 2.64. The van der Waals surface area contributed by atoms with Crippen molar-refractivity contribution in [1.82, 2.24) is 0 Å². The van der Waals surface area contributed by atoms with Gasteiger partial charge in [-0.3, -0.25) is 4.79 Å². The summed E-state index contributed by atoms with van der Waals surface area (Å²) in [6, 6.07) is 14.1. The van der Waals surface area contributed by atoms with Crippen molar-refractivity contribution in [2.45, 2.75) is 37.9 Å². The van der Waals surface area contributed by atoms with E-state index in [1.807, 2.05) is 6.07 Å². The molecule has 0 heterocycles. The molecule has 1 fully saturated rings. The molecular weight excluding hydrogens is 464 g/mol. The van der Waals surface area contributed by atoms with E-state index in [0.29, 0.717) is 14.5 Å². The third kappa shape index (κ3) is 4.54. The van der Waals surface area contributed by atoms with Gasteiger partial charge < -0.3 is 9.47 Å². The number of esters is 1. The molecule has 0 amide bonds. The highest BCUT2D eigenvalue weighted by atomic mass is 79.9. The molecule has 1 saturated carbocycles. The molecule has 6 heteroatoms. The third-order valence-corrected chi connectivity index (χ3v) is 5.55. The van der Waals surface area contributed by atoms with Crippen molar-refractivity contribution in [3.05, 3.63) is 73.3 Å². The van der Waals surface area contributed by atoms with Gasteiger partial charge in [0.15, 0.2) is 5.75 Å². The summed E-state index contributed by atoms with van der Waals surface area (Å²) >= 11 is 6.65. The predicted molar refractivity (Wildman–Crippen MR) is 107 cm³/mol. The lowest BCUT2D eigenvalue weighted by Crippen LogP contribution is -2.39. The van der Waals surface area contributed by atoms with Crippen LogP contribution in [0.1, 0.15) is 36.0 Å². The Kier molecular flexibility index (Phi) is 6.48. The zero-order valence-electron chi connectivity index (χ0n) is 14.0. The van der Waals surface area contributed by atoms with Crippen LogP contribution in [0.2, 0.25) is 0 Å². The second kappa shape index (κ2) is 8.82. The van der Waals surface area contributed by atoms with Crippen LogP contribution in [0.25, 0.3) is 0 Å². The summed E-state index contributed by atoms with van der Waals surface area (Å²) < 4.78 is 12.7. The van der Waals surface area contributed by atoms with Gasteiger partial charge in [0, 0.05) is 0 Å². The summed E-state index contributed by atoms with van der Waals surface area (Å²) in [5, 5.41) is 0. The maximum absolute atomic E-state index is 12.5. The van der Waals surface area contributed by atoms with E-state index in [0.717, 1.165) is 25.7 Å². The first kappa shape index (κ1) is 19.1. The second-order valence-electron chi connectivity index (χ2n) is 6.13. The maximum atomic E-state index is 12.5. The van der Waals surface area contributed by atoms with Crippen LogP contribution < -0.4 is 10.2 Å². The van der Waals surface area contributed by atoms with Gasteiger partial charge in [0.1, 0.15) is 12.2 Å². The maximum Gasteiger partial charge on any atom is 0.338 e. The number of hydrogen-bond donors (Lipinski definition) is 0. The molecule has 0 spiro atoms. The Bertz CT molecular complexity index is 839. The lowest BCUT2D eigenvalue weighted by atomic mass is 9.94.